The molecule has 1 atom stereocenters. The molecule has 0 unspecified atom stereocenters. The lowest BCUT2D eigenvalue weighted by Gasteiger charge is -2.22. The number of carbonyl (C=O) groups excluding carboxylic acids is 1. The Morgan fingerprint density at radius 3 is 2.59 bits per heavy atom. The summed E-state index contributed by atoms with van der Waals surface area (Å²) in [6, 6.07) is 24.7. The number of ether oxygens (including phenoxy) is 2. The lowest BCUT2D eigenvalue weighted by molar-refractivity contribution is -0.127. The highest BCUT2D eigenvalue weighted by molar-refractivity contribution is 6.31. The van der Waals surface area contributed by atoms with Crippen molar-refractivity contribution in [1.82, 2.24) is 10.9 Å². The number of aliphatic imine (C=N–C) groups is 1. The number of benzene rings is 3. The second-order valence-corrected chi connectivity index (χ2v) is 9.01. The first-order chi connectivity index (χ1) is 18.1. The molecule has 0 saturated heterocycles. The van der Waals surface area contributed by atoms with Gasteiger partial charge in [0, 0.05) is 36.6 Å². The molecule has 0 saturated carbocycles. The van der Waals surface area contributed by atoms with Crippen LogP contribution in [0.1, 0.15) is 29.5 Å². The van der Waals surface area contributed by atoms with Gasteiger partial charge in [-0.3, -0.25) is 10.2 Å². The molecule has 1 aliphatic heterocycles. The molecule has 192 valence electrons. The second-order valence-electron chi connectivity index (χ2n) is 8.60. The summed E-state index contributed by atoms with van der Waals surface area (Å²) in [4.78, 5) is 18.2. The standard InChI is InChI=1S/C29H30ClN3O4/c30-26-12-5-4-11-24(26)20-31-33-28(35)29(17-6-10-22-8-2-1-3-9-22)21-37-27(32-29)23-13-15-25(16-14-23)36-19-7-18-34/h1-6,8-16,31,34H,7,17-21H2,(H,33,35)/b10-6+/t29-/m0/s1. The molecule has 8 heteroatoms. The third-order valence-electron chi connectivity index (χ3n) is 5.86. The van der Waals surface area contributed by atoms with Gasteiger partial charge in [0.25, 0.3) is 5.91 Å². The van der Waals surface area contributed by atoms with Crippen molar-refractivity contribution < 1.29 is 19.4 Å². The molecule has 3 aromatic rings. The zero-order valence-corrected chi connectivity index (χ0v) is 21.2. The third kappa shape index (κ3) is 7.20. The number of aliphatic hydroxyl groups is 1. The fraction of sp³-hybridized carbons (Fsp3) is 0.241. The van der Waals surface area contributed by atoms with E-state index >= 15 is 0 Å². The number of hydrazine groups is 1. The average Bonchev–Trinajstić information content (AvgIpc) is 3.36. The molecule has 1 heterocycles. The maximum atomic E-state index is 13.4. The van der Waals surface area contributed by atoms with Gasteiger partial charge in [-0.2, -0.15) is 0 Å². The molecule has 1 amide bonds. The number of amides is 1. The van der Waals surface area contributed by atoms with Crippen molar-refractivity contribution in [3.8, 4) is 5.75 Å². The third-order valence-corrected chi connectivity index (χ3v) is 6.23. The van der Waals surface area contributed by atoms with Crippen molar-refractivity contribution in [1.29, 1.82) is 0 Å². The molecule has 7 nitrogen and oxygen atoms in total. The topological polar surface area (TPSA) is 92.2 Å². The second kappa shape index (κ2) is 13.1. The van der Waals surface area contributed by atoms with Gasteiger partial charge in [0.15, 0.2) is 5.54 Å². The van der Waals surface area contributed by atoms with E-state index in [1.54, 1.807) is 6.07 Å². The summed E-state index contributed by atoms with van der Waals surface area (Å²) in [5.74, 6) is 0.793. The minimum absolute atomic E-state index is 0.0822. The van der Waals surface area contributed by atoms with Gasteiger partial charge in [-0.05, 0) is 41.5 Å². The van der Waals surface area contributed by atoms with Crippen molar-refractivity contribution in [2.24, 2.45) is 4.99 Å². The lowest BCUT2D eigenvalue weighted by atomic mass is 9.95. The average molecular weight is 520 g/mol. The first-order valence-corrected chi connectivity index (χ1v) is 12.5. The van der Waals surface area contributed by atoms with Crippen molar-refractivity contribution in [3.05, 3.63) is 107 Å². The highest BCUT2D eigenvalue weighted by atomic mass is 35.5. The van der Waals surface area contributed by atoms with Gasteiger partial charge in [0.2, 0.25) is 5.90 Å². The van der Waals surface area contributed by atoms with E-state index in [9.17, 15) is 4.79 Å². The zero-order valence-electron chi connectivity index (χ0n) is 20.4. The van der Waals surface area contributed by atoms with Gasteiger partial charge in [0.1, 0.15) is 12.4 Å². The van der Waals surface area contributed by atoms with Crippen LogP contribution in [0, 0.1) is 0 Å². The van der Waals surface area contributed by atoms with Crippen LogP contribution in [-0.2, 0) is 16.1 Å². The summed E-state index contributed by atoms with van der Waals surface area (Å²) in [5, 5.41) is 9.54. The number of hydrogen-bond donors (Lipinski definition) is 3. The first kappa shape index (κ1) is 26.4. The van der Waals surface area contributed by atoms with Crippen LogP contribution in [0.3, 0.4) is 0 Å². The van der Waals surface area contributed by atoms with Crippen molar-refractivity contribution >= 4 is 29.5 Å². The predicted molar refractivity (Wildman–Crippen MR) is 145 cm³/mol. The summed E-state index contributed by atoms with van der Waals surface area (Å²) < 4.78 is 11.5. The molecule has 0 aliphatic carbocycles. The van der Waals surface area contributed by atoms with Gasteiger partial charge in [-0.1, -0.05) is 72.3 Å². The van der Waals surface area contributed by atoms with Crippen LogP contribution in [0.2, 0.25) is 5.02 Å². The molecule has 1 aliphatic rings. The van der Waals surface area contributed by atoms with Crippen LogP contribution in [0.25, 0.3) is 6.08 Å². The number of halogens is 1. The molecule has 3 N–H and O–H groups in total. The minimum atomic E-state index is -1.13. The Labute approximate surface area is 221 Å². The molecule has 0 fully saturated rings. The predicted octanol–water partition coefficient (Wildman–Crippen LogP) is 4.54. The maximum absolute atomic E-state index is 13.4. The molecular weight excluding hydrogens is 490 g/mol. The normalized spacial score (nSPS) is 16.9. The molecule has 37 heavy (non-hydrogen) atoms. The van der Waals surface area contributed by atoms with Gasteiger partial charge in [0.05, 0.1) is 6.61 Å². The SMILES string of the molecule is O=C(NNCc1ccccc1Cl)[C@]1(C/C=C/c2ccccc2)COC(c2ccc(OCCCO)cc2)=N1. The first-order valence-electron chi connectivity index (χ1n) is 12.1. The van der Waals surface area contributed by atoms with Crippen LogP contribution < -0.4 is 15.6 Å². The molecule has 4 rings (SSSR count). The number of aliphatic hydroxyl groups excluding tert-OH is 1. The summed E-state index contributed by atoms with van der Waals surface area (Å²) >= 11 is 6.23. The fourth-order valence-corrected chi connectivity index (χ4v) is 3.99. The number of rotatable bonds is 12. The highest BCUT2D eigenvalue weighted by Crippen LogP contribution is 2.28. The molecule has 0 radical (unpaired) electrons. The quantitative estimate of drug-likeness (QED) is 0.241. The Morgan fingerprint density at radius 1 is 1.08 bits per heavy atom. The van der Waals surface area contributed by atoms with Gasteiger partial charge >= 0.3 is 0 Å². The summed E-state index contributed by atoms with van der Waals surface area (Å²) in [6.07, 6.45) is 4.83. The van der Waals surface area contributed by atoms with Gasteiger partial charge < -0.3 is 14.6 Å². The number of nitrogens with one attached hydrogen (secondary N) is 2. The smallest absolute Gasteiger partial charge is 0.266 e. The van der Waals surface area contributed by atoms with Crippen molar-refractivity contribution in [3.63, 3.8) is 0 Å². The molecule has 0 aromatic heterocycles. The van der Waals surface area contributed by atoms with Crippen molar-refractivity contribution in [2.45, 2.75) is 24.9 Å². The number of nitrogens with zero attached hydrogens (tertiary/aromatic N) is 1. The Hall–Kier alpha value is -3.65. The minimum Gasteiger partial charge on any atom is -0.494 e. The van der Waals surface area contributed by atoms with Crippen LogP contribution in [-0.4, -0.2) is 42.3 Å². The molecule has 3 aromatic carbocycles. The van der Waals surface area contributed by atoms with E-state index in [1.165, 1.54) is 0 Å². The largest absolute Gasteiger partial charge is 0.494 e. The van der Waals surface area contributed by atoms with E-state index in [0.717, 1.165) is 16.7 Å². The van der Waals surface area contributed by atoms with Crippen LogP contribution >= 0.6 is 11.6 Å². The Kier molecular flexibility index (Phi) is 9.32. The monoisotopic (exact) mass is 519 g/mol. The molecule has 0 spiro atoms. The Bertz CT molecular complexity index is 1230. The number of carbonyl (C=O) groups is 1. The number of hydrogen-bond acceptors (Lipinski definition) is 6. The summed E-state index contributed by atoms with van der Waals surface area (Å²) in [7, 11) is 0. The van der Waals surface area contributed by atoms with Crippen molar-refractivity contribution in [2.75, 3.05) is 19.8 Å². The molecule has 0 bridgehead atoms. The zero-order chi connectivity index (χ0) is 25.9. The van der Waals surface area contributed by atoms with E-state index in [-0.39, 0.29) is 19.1 Å². The summed E-state index contributed by atoms with van der Waals surface area (Å²) in [6.45, 7) is 0.997. The Morgan fingerprint density at radius 2 is 1.84 bits per heavy atom. The van der Waals surface area contributed by atoms with Gasteiger partial charge in [-0.25, -0.2) is 10.4 Å². The summed E-state index contributed by atoms with van der Waals surface area (Å²) in [5.41, 5.74) is 7.29. The van der Waals surface area contributed by atoms with Crippen LogP contribution in [0.4, 0.5) is 0 Å². The van der Waals surface area contributed by atoms with Crippen LogP contribution in [0.15, 0.2) is 89.9 Å². The van der Waals surface area contributed by atoms with Gasteiger partial charge in [-0.15, -0.1) is 0 Å². The fourth-order valence-electron chi connectivity index (χ4n) is 3.79. The van der Waals surface area contributed by atoms with Crippen LogP contribution in [0.5, 0.6) is 5.75 Å². The van der Waals surface area contributed by atoms with E-state index in [1.807, 2.05) is 84.9 Å². The van der Waals surface area contributed by atoms with E-state index in [2.05, 4.69) is 10.9 Å². The van der Waals surface area contributed by atoms with E-state index in [4.69, 9.17) is 31.2 Å². The highest BCUT2D eigenvalue weighted by Gasteiger charge is 2.43. The molecular formula is C29H30ClN3O4. The maximum Gasteiger partial charge on any atom is 0.266 e. The van der Waals surface area contributed by atoms with E-state index < -0.39 is 5.54 Å². The Balaban J connectivity index is 1.49. The van der Waals surface area contributed by atoms with E-state index in [0.29, 0.717) is 42.7 Å². The lowest BCUT2D eigenvalue weighted by Crippen LogP contribution is -2.51.